The molecule has 0 aromatic carbocycles. The van der Waals surface area contributed by atoms with Crippen molar-refractivity contribution < 1.29 is 14.0 Å². The van der Waals surface area contributed by atoms with Gasteiger partial charge in [0.15, 0.2) is 16.6 Å². The van der Waals surface area contributed by atoms with Gasteiger partial charge in [-0.3, -0.25) is 24.0 Å². The molecule has 11 heteroatoms. The van der Waals surface area contributed by atoms with Crippen LogP contribution in [0.15, 0.2) is 39.0 Å². The Labute approximate surface area is 168 Å². The van der Waals surface area contributed by atoms with Crippen LogP contribution < -0.4 is 5.56 Å². The Bertz CT molecular complexity index is 1130. The number of aromatic amines is 1. The number of nitrogens with zero attached hydrogens (tertiary/aromatic N) is 5. The predicted octanol–water partition coefficient (Wildman–Crippen LogP) is 0.734. The van der Waals surface area contributed by atoms with Crippen molar-refractivity contribution in [2.75, 3.05) is 31.9 Å². The highest BCUT2D eigenvalue weighted by Crippen LogP contribution is 2.33. The Kier molecular flexibility index (Phi) is 4.38. The molecule has 5 heterocycles. The van der Waals surface area contributed by atoms with E-state index in [0.29, 0.717) is 53.9 Å². The molecular formula is C18H18N6O4S. The quantitative estimate of drug-likeness (QED) is 0.628. The van der Waals surface area contributed by atoms with Crippen molar-refractivity contribution in [3.05, 3.63) is 40.7 Å². The summed E-state index contributed by atoms with van der Waals surface area (Å²) in [6.45, 7) is 1.84. The Morgan fingerprint density at radius 3 is 2.79 bits per heavy atom. The van der Waals surface area contributed by atoms with Crippen LogP contribution >= 0.6 is 11.8 Å². The summed E-state index contributed by atoms with van der Waals surface area (Å²) in [6.07, 6.45) is 3.17. The number of nitrogens with one attached hydrogen (secondary N) is 1. The van der Waals surface area contributed by atoms with Gasteiger partial charge in [0.05, 0.1) is 18.5 Å². The van der Waals surface area contributed by atoms with Gasteiger partial charge in [0.25, 0.3) is 11.5 Å². The van der Waals surface area contributed by atoms with Crippen molar-refractivity contribution in [3.8, 4) is 0 Å². The van der Waals surface area contributed by atoms with Crippen molar-refractivity contribution in [3.63, 3.8) is 0 Å². The summed E-state index contributed by atoms with van der Waals surface area (Å²) in [6, 6.07) is 3.08. The first-order valence-electron chi connectivity index (χ1n) is 9.31. The minimum absolute atomic E-state index is 0.0206. The molecule has 150 valence electrons. The first-order chi connectivity index (χ1) is 14.1. The van der Waals surface area contributed by atoms with Gasteiger partial charge in [-0.25, -0.2) is 4.98 Å². The number of piperazine rings is 1. The Morgan fingerprint density at radius 2 is 2.03 bits per heavy atom. The molecule has 5 rings (SSSR count). The number of fused-ring (bicyclic) bond motifs is 2. The van der Waals surface area contributed by atoms with E-state index < -0.39 is 0 Å². The van der Waals surface area contributed by atoms with Gasteiger partial charge in [-0.2, -0.15) is 5.10 Å². The lowest BCUT2D eigenvalue weighted by molar-refractivity contribution is -0.133. The Balaban J connectivity index is 1.25. The van der Waals surface area contributed by atoms with Crippen molar-refractivity contribution in [2.24, 2.45) is 0 Å². The van der Waals surface area contributed by atoms with Gasteiger partial charge in [-0.1, -0.05) is 11.8 Å². The van der Waals surface area contributed by atoms with Crippen LogP contribution in [-0.2, 0) is 4.79 Å². The molecule has 1 fully saturated rings. The van der Waals surface area contributed by atoms with Crippen LogP contribution in [0.4, 0.5) is 0 Å². The van der Waals surface area contributed by atoms with Crippen LogP contribution in [0.1, 0.15) is 23.0 Å². The molecule has 10 nitrogen and oxygen atoms in total. The summed E-state index contributed by atoms with van der Waals surface area (Å²) < 4.78 is 6.77. The van der Waals surface area contributed by atoms with Crippen LogP contribution in [0.5, 0.6) is 0 Å². The summed E-state index contributed by atoms with van der Waals surface area (Å²) in [7, 11) is 0. The van der Waals surface area contributed by atoms with E-state index in [2.05, 4.69) is 15.2 Å². The van der Waals surface area contributed by atoms with Gasteiger partial charge in [0, 0.05) is 38.4 Å². The highest BCUT2D eigenvalue weighted by molar-refractivity contribution is 7.99. The predicted molar refractivity (Wildman–Crippen MR) is 104 cm³/mol. The second kappa shape index (κ2) is 7.07. The van der Waals surface area contributed by atoms with Crippen LogP contribution in [0.2, 0.25) is 0 Å². The summed E-state index contributed by atoms with van der Waals surface area (Å²) in [5.41, 5.74) is 0.300. The molecule has 2 aliphatic heterocycles. The van der Waals surface area contributed by atoms with E-state index in [1.807, 2.05) is 0 Å². The van der Waals surface area contributed by atoms with E-state index in [1.54, 1.807) is 26.5 Å². The maximum absolute atomic E-state index is 12.8. The largest absolute Gasteiger partial charge is 0.459 e. The number of furan rings is 1. The maximum atomic E-state index is 12.8. The van der Waals surface area contributed by atoms with E-state index in [9.17, 15) is 14.4 Å². The topological polar surface area (TPSA) is 117 Å². The van der Waals surface area contributed by atoms with Crippen molar-refractivity contribution in [1.29, 1.82) is 0 Å². The minimum Gasteiger partial charge on any atom is -0.459 e. The van der Waals surface area contributed by atoms with E-state index in [-0.39, 0.29) is 29.8 Å². The monoisotopic (exact) mass is 414 g/mol. The molecule has 29 heavy (non-hydrogen) atoms. The van der Waals surface area contributed by atoms with Gasteiger partial charge < -0.3 is 14.2 Å². The van der Waals surface area contributed by atoms with Gasteiger partial charge in [0.2, 0.25) is 5.91 Å². The zero-order chi connectivity index (χ0) is 20.0. The fourth-order valence-corrected chi connectivity index (χ4v) is 4.89. The molecule has 2 aliphatic rings. The van der Waals surface area contributed by atoms with E-state index in [1.165, 1.54) is 24.2 Å². The van der Waals surface area contributed by atoms with E-state index in [4.69, 9.17) is 4.42 Å². The first kappa shape index (κ1) is 18.0. The van der Waals surface area contributed by atoms with Crippen molar-refractivity contribution >= 4 is 34.6 Å². The number of thioether (sulfide) groups is 1. The number of carbonyl (C=O) groups excluding carboxylic acids is 2. The second-order valence-electron chi connectivity index (χ2n) is 7.02. The zero-order valence-corrected chi connectivity index (χ0v) is 16.2. The van der Waals surface area contributed by atoms with Crippen LogP contribution in [0, 0.1) is 0 Å². The Morgan fingerprint density at radius 1 is 1.24 bits per heavy atom. The lowest BCUT2D eigenvalue weighted by Gasteiger charge is -2.34. The number of H-pyrrole nitrogens is 1. The molecule has 1 atom stereocenters. The van der Waals surface area contributed by atoms with Crippen LogP contribution in [0.3, 0.4) is 0 Å². The smallest absolute Gasteiger partial charge is 0.289 e. The molecule has 0 saturated carbocycles. The summed E-state index contributed by atoms with van der Waals surface area (Å²) in [5.74, 6) is 0.754. The maximum Gasteiger partial charge on any atom is 0.289 e. The van der Waals surface area contributed by atoms with Gasteiger partial charge >= 0.3 is 0 Å². The van der Waals surface area contributed by atoms with Gasteiger partial charge in [-0.15, -0.1) is 0 Å². The standard InChI is InChI=1S/C18H18N6O4S/c25-14(22-3-5-23(6-4-22)17(27)13-2-1-7-28-13)8-11-10-29-18-20-15-12(9-19-21-15)16(26)24(11)18/h1-2,7,9,11H,3-6,8,10H2,(H,19,21). The van der Waals surface area contributed by atoms with E-state index in [0.717, 1.165) is 0 Å². The molecule has 1 saturated heterocycles. The number of rotatable bonds is 3. The second-order valence-corrected chi connectivity index (χ2v) is 8.01. The van der Waals surface area contributed by atoms with Crippen molar-refractivity contribution in [2.45, 2.75) is 17.6 Å². The SMILES string of the molecule is O=C(CC1CSc2nc3[nH]ncc3c(=O)n21)N1CCN(C(=O)c2ccco2)CC1. The van der Waals surface area contributed by atoms with E-state index >= 15 is 0 Å². The Hall–Kier alpha value is -3.08. The third-order valence-electron chi connectivity index (χ3n) is 5.31. The third kappa shape index (κ3) is 3.11. The number of aromatic nitrogens is 4. The molecule has 3 aromatic heterocycles. The van der Waals surface area contributed by atoms with Crippen molar-refractivity contribution in [1.82, 2.24) is 29.5 Å². The molecule has 0 bridgehead atoms. The third-order valence-corrected chi connectivity index (χ3v) is 6.41. The summed E-state index contributed by atoms with van der Waals surface area (Å²) in [5, 5.41) is 7.64. The van der Waals surface area contributed by atoms with Crippen LogP contribution in [-0.4, -0.2) is 73.3 Å². The molecule has 0 radical (unpaired) electrons. The molecule has 2 amide bonds. The summed E-state index contributed by atoms with van der Waals surface area (Å²) >= 11 is 1.47. The number of amides is 2. The zero-order valence-electron chi connectivity index (χ0n) is 15.4. The molecular weight excluding hydrogens is 396 g/mol. The summed E-state index contributed by atoms with van der Waals surface area (Å²) in [4.78, 5) is 45.8. The minimum atomic E-state index is -0.232. The fourth-order valence-electron chi connectivity index (χ4n) is 3.75. The average molecular weight is 414 g/mol. The first-order valence-corrected chi connectivity index (χ1v) is 10.3. The number of hydrogen-bond donors (Lipinski definition) is 1. The lowest BCUT2D eigenvalue weighted by atomic mass is 10.2. The lowest BCUT2D eigenvalue weighted by Crippen LogP contribution is -2.51. The molecule has 3 aromatic rings. The molecule has 0 spiro atoms. The number of hydrogen-bond acceptors (Lipinski definition) is 7. The van der Waals surface area contributed by atoms with Gasteiger partial charge in [0.1, 0.15) is 5.39 Å². The molecule has 0 aliphatic carbocycles. The molecule has 1 N–H and O–H groups in total. The average Bonchev–Trinajstić information content (AvgIpc) is 3.49. The van der Waals surface area contributed by atoms with Gasteiger partial charge in [-0.05, 0) is 12.1 Å². The normalized spacial score (nSPS) is 19.0. The molecule has 1 unspecified atom stereocenters. The van der Waals surface area contributed by atoms with Crippen LogP contribution in [0.25, 0.3) is 11.0 Å². The number of carbonyl (C=O) groups is 2. The highest BCUT2D eigenvalue weighted by Gasteiger charge is 2.32. The highest BCUT2D eigenvalue weighted by atomic mass is 32.2. The fraction of sp³-hybridized carbons (Fsp3) is 0.389.